The van der Waals surface area contributed by atoms with Crippen molar-refractivity contribution < 1.29 is 17.9 Å². The van der Waals surface area contributed by atoms with E-state index in [0.717, 1.165) is 0 Å². The van der Waals surface area contributed by atoms with Crippen molar-refractivity contribution in [2.45, 2.75) is 74.8 Å². The number of nitrogens with zero attached hydrogens (tertiary/aromatic N) is 1. The molecule has 6 atom stereocenters. The summed E-state index contributed by atoms with van der Waals surface area (Å²) in [5.41, 5.74) is -0.924. The lowest BCUT2D eigenvalue weighted by Crippen LogP contribution is -2.53. The third-order valence-corrected chi connectivity index (χ3v) is 6.80. The smallest absolute Gasteiger partial charge is 0.220 e. The molecule has 19 heavy (non-hydrogen) atoms. The predicted molar refractivity (Wildman–Crippen MR) is 71.6 cm³/mol. The molecule has 3 aliphatic heterocycles. The van der Waals surface area contributed by atoms with Gasteiger partial charge in [-0.25, -0.2) is 8.42 Å². The zero-order chi connectivity index (χ0) is 14.2. The highest BCUT2D eigenvalue weighted by Crippen LogP contribution is 2.51. The molecule has 3 fully saturated rings. The Morgan fingerprint density at radius 3 is 2.58 bits per heavy atom. The number of halogens is 1. The molecule has 3 rings (SSSR count). The summed E-state index contributed by atoms with van der Waals surface area (Å²) in [6, 6.07) is -0.241. The molecule has 0 N–H and O–H groups in total. The average molecular weight is 310 g/mol. The number of hydrogen-bond acceptors (Lipinski definition) is 4. The summed E-state index contributed by atoms with van der Waals surface area (Å²) >= 11 is 5.92. The van der Waals surface area contributed by atoms with Crippen LogP contribution in [0.4, 0.5) is 0 Å². The molecule has 0 aromatic rings. The minimum Gasteiger partial charge on any atom is -0.369 e. The van der Waals surface area contributed by atoms with E-state index in [9.17, 15) is 8.42 Å². The lowest BCUT2D eigenvalue weighted by molar-refractivity contribution is -0.0289. The van der Waals surface area contributed by atoms with E-state index in [1.54, 1.807) is 11.2 Å². The number of hydrogen-bond donors (Lipinski definition) is 0. The Balaban J connectivity index is 2.02. The number of rotatable bonds is 2. The summed E-state index contributed by atoms with van der Waals surface area (Å²) in [7, 11) is -3.31. The molecule has 0 spiro atoms. The van der Waals surface area contributed by atoms with Gasteiger partial charge in [0.25, 0.3) is 0 Å². The van der Waals surface area contributed by atoms with Crippen LogP contribution in [0, 0.1) is 0 Å². The van der Waals surface area contributed by atoms with Gasteiger partial charge in [0.1, 0.15) is 16.9 Å². The fraction of sp³-hybridized carbons (Fsp3) is 1.00. The summed E-state index contributed by atoms with van der Waals surface area (Å²) in [5.74, 6) is 0. The molecule has 0 radical (unpaired) electrons. The Bertz CT molecular complexity index is 486. The lowest BCUT2D eigenvalue weighted by Gasteiger charge is -2.37. The van der Waals surface area contributed by atoms with Crippen molar-refractivity contribution in [3.8, 4) is 0 Å². The quantitative estimate of drug-likeness (QED) is 0.722. The van der Waals surface area contributed by atoms with Gasteiger partial charge < -0.3 is 9.47 Å². The van der Waals surface area contributed by atoms with Crippen LogP contribution in [-0.2, 0) is 19.5 Å². The number of sulfonamides is 1. The normalized spacial score (nSPS) is 45.8. The van der Waals surface area contributed by atoms with E-state index in [0.29, 0.717) is 6.42 Å². The Kier molecular flexibility index (Phi) is 3.02. The van der Waals surface area contributed by atoms with Crippen LogP contribution in [0.5, 0.6) is 0 Å². The monoisotopic (exact) mass is 309 g/mol. The van der Waals surface area contributed by atoms with Crippen molar-refractivity contribution in [1.82, 2.24) is 4.31 Å². The number of fused-ring (bicyclic) bond motifs is 1. The predicted octanol–water partition coefficient (Wildman–Crippen LogP) is 1.31. The van der Waals surface area contributed by atoms with Crippen molar-refractivity contribution >= 4 is 21.6 Å². The minimum absolute atomic E-state index is 0.150. The second-order valence-corrected chi connectivity index (χ2v) is 9.20. The molecule has 0 aliphatic carbocycles. The van der Waals surface area contributed by atoms with Gasteiger partial charge in [0.05, 0.1) is 18.2 Å². The minimum atomic E-state index is -3.31. The summed E-state index contributed by atoms with van der Waals surface area (Å²) in [6.07, 6.45) is -0.159. The van der Waals surface area contributed by atoms with Gasteiger partial charge in [-0.2, -0.15) is 4.31 Å². The molecule has 7 heteroatoms. The maximum Gasteiger partial charge on any atom is 0.220 e. The fourth-order valence-corrected chi connectivity index (χ4v) is 6.46. The highest BCUT2D eigenvalue weighted by molar-refractivity contribution is 7.90. The first-order valence-electron chi connectivity index (χ1n) is 6.62. The molecule has 2 bridgehead atoms. The SMILES string of the molecule is CC(Cl)OC1C2CC3C(O2)C1N(C(C)(C)C)S3(=O)=O. The molecular formula is C12H20ClNO4S. The molecular weight excluding hydrogens is 290 g/mol. The molecule has 110 valence electrons. The van der Waals surface area contributed by atoms with Crippen LogP contribution >= 0.6 is 11.6 Å². The summed E-state index contributed by atoms with van der Waals surface area (Å²) in [6.45, 7) is 7.47. The van der Waals surface area contributed by atoms with E-state index >= 15 is 0 Å². The largest absolute Gasteiger partial charge is 0.369 e. The first kappa shape index (κ1) is 14.1. The molecule has 3 heterocycles. The Morgan fingerprint density at radius 2 is 2.05 bits per heavy atom. The first-order valence-corrected chi connectivity index (χ1v) is 8.56. The lowest BCUT2D eigenvalue weighted by atomic mass is 9.90. The molecule has 0 aromatic heterocycles. The summed E-state index contributed by atoms with van der Waals surface area (Å²) in [4.78, 5) is 0. The van der Waals surface area contributed by atoms with Crippen LogP contribution in [0.3, 0.4) is 0 Å². The molecule has 3 aliphatic rings. The highest BCUT2D eigenvalue weighted by Gasteiger charge is 2.70. The topological polar surface area (TPSA) is 55.8 Å². The third kappa shape index (κ3) is 1.87. The zero-order valence-electron chi connectivity index (χ0n) is 11.5. The molecule has 0 saturated carbocycles. The number of ether oxygens (including phenoxy) is 2. The van der Waals surface area contributed by atoms with Crippen LogP contribution in [0.25, 0.3) is 0 Å². The highest BCUT2D eigenvalue weighted by atomic mass is 35.5. The van der Waals surface area contributed by atoms with Crippen LogP contribution in [-0.4, -0.2) is 53.4 Å². The summed E-state index contributed by atoms with van der Waals surface area (Å²) < 4.78 is 38.4. The van der Waals surface area contributed by atoms with E-state index in [4.69, 9.17) is 21.1 Å². The molecule has 0 aromatic carbocycles. The first-order chi connectivity index (χ1) is 8.64. The van der Waals surface area contributed by atoms with Gasteiger partial charge in [-0.05, 0) is 34.1 Å². The molecule has 6 unspecified atom stereocenters. The van der Waals surface area contributed by atoms with Crippen molar-refractivity contribution in [2.75, 3.05) is 0 Å². The number of alkyl halides is 1. The van der Waals surface area contributed by atoms with Crippen molar-refractivity contribution in [1.29, 1.82) is 0 Å². The van der Waals surface area contributed by atoms with Crippen LogP contribution < -0.4 is 0 Å². The van der Waals surface area contributed by atoms with Gasteiger partial charge in [-0.15, -0.1) is 0 Å². The van der Waals surface area contributed by atoms with Crippen molar-refractivity contribution in [3.05, 3.63) is 0 Å². The van der Waals surface area contributed by atoms with Gasteiger partial charge in [0.15, 0.2) is 0 Å². The maximum atomic E-state index is 12.6. The van der Waals surface area contributed by atoms with E-state index in [1.807, 2.05) is 20.8 Å². The fourth-order valence-electron chi connectivity index (χ4n) is 3.71. The van der Waals surface area contributed by atoms with Gasteiger partial charge in [0, 0.05) is 5.54 Å². The molecule has 0 amide bonds. The van der Waals surface area contributed by atoms with Crippen molar-refractivity contribution in [2.24, 2.45) is 0 Å². The third-order valence-electron chi connectivity index (χ3n) is 4.14. The van der Waals surface area contributed by atoms with Crippen LogP contribution in [0.15, 0.2) is 0 Å². The van der Waals surface area contributed by atoms with Crippen LogP contribution in [0.2, 0.25) is 0 Å². The van der Waals surface area contributed by atoms with E-state index in [2.05, 4.69) is 0 Å². The Hall–Kier alpha value is 0.120. The maximum absolute atomic E-state index is 12.6. The van der Waals surface area contributed by atoms with E-state index < -0.39 is 26.4 Å². The Labute approximate surface area is 119 Å². The Morgan fingerprint density at radius 1 is 1.42 bits per heavy atom. The van der Waals surface area contributed by atoms with E-state index in [1.165, 1.54) is 0 Å². The van der Waals surface area contributed by atoms with Crippen molar-refractivity contribution in [3.63, 3.8) is 0 Å². The van der Waals surface area contributed by atoms with Gasteiger partial charge in [0.2, 0.25) is 10.0 Å². The van der Waals surface area contributed by atoms with Crippen LogP contribution in [0.1, 0.15) is 34.1 Å². The van der Waals surface area contributed by atoms with Gasteiger partial charge in [-0.3, -0.25) is 0 Å². The van der Waals surface area contributed by atoms with Gasteiger partial charge >= 0.3 is 0 Å². The molecule has 3 saturated heterocycles. The summed E-state index contributed by atoms with van der Waals surface area (Å²) in [5, 5.41) is -0.410. The second-order valence-electron chi connectivity index (χ2n) is 6.56. The average Bonchev–Trinajstić information content (AvgIpc) is 2.78. The van der Waals surface area contributed by atoms with E-state index in [-0.39, 0.29) is 24.4 Å². The van der Waals surface area contributed by atoms with Gasteiger partial charge in [-0.1, -0.05) is 11.6 Å². The zero-order valence-corrected chi connectivity index (χ0v) is 13.1. The molecule has 5 nitrogen and oxygen atoms in total. The standard InChI is InChI=1S/C12H20ClNO4S/c1-6(13)17-10-7-5-8-11(18-7)9(10)14(12(2,3)4)19(8,15)16/h6-11H,5H2,1-4H3. The second kappa shape index (κ2) is 4.07.